The first kappa shape index (κ1) is 28.5. The summed E-state index contributed by atoms with van der Waals surface area (Å²) in [5.74, 6) is -6.67. The number of anilines is 2. The van der Waals surface area contributed by atoms with Gasteiger partial charge >= 0.3 is 5.97 Å². The van der Waals surface area contributed by atoms with Gasteiger partial charge in [-0.2, -0.15) is 0 Å². The van der Waals surface area contributed by atoms with E-state index in [-0.39, 0.29) is 12.2 Å². The van der Waals surface area contributed by atoms with E-state index in [0.717, 1.165) is 22.3 Å². The van der Waals surface area contributed by atoms with E-state index in [2.05, 4.69) is 15.9 Å². The minimum absolute atomic E-state index is 0.0896. The SMILES string of the molecule is CCOC(=O)C1=C(C)C2(Br)[C@@H]3C(=O)N(c4ccc(C)cc4C)C(=O)[C@H]3C1(C)[C@H]1C(=O)N(c3ccc(C)cc3C)C(=O)[C@H]12. The van der Waals surface area contributed by atoms with Crippen molar-refractivity contribution in [3.8, 4) is 0 Å². The normalized spacial score (nSPS) is 31.7. The summed E-state index contributed by atoms with van der Waals surface area (Å²) >= 11 is 3.83. The summed E-state index contributed by atoms with van der Waals surface area (Å²) in [5.41, 5.74) is 3.56. The van der Waals surface area contributed by atoms with E-state index in [1.165, 1.54) is 9.80 Å². The molecule has 2 aromatic rings. The Morgan fingerprint density at radius 2 is 1.17 bits per heavy atom. The molecule has 5 aliphatic rings. The Bertz CT molecular complexity index is 1580. The fraction of sp³-hybridized carbons (Fsp3) is 0.424. The van der Waals surface area contributed by atoms with Crippen LogP contribution in [0.3, 0.4) is 0 Å². The van der Waals surface area contributed by atoms with E-state index in [1.807, 2.05) is 52.0 Å². The van der Waals surface area contributed by atoms with Gasteiger partial charge in [0.1, 0.15) is 0 Å². The molecule has 7 rings (SSSR count). The van der Waals surface area contributed by atoms with Crippen molar-refractivity contribution in [2.24, 2.45) is 29.1 Å². The zero-order chi connectivity index (χ0) is 30.6. The number of esters is 1. The number of carbonyl (C=O) groups excluding carboxylic acids is 5. The summed E-state index contributed by atoms with van der Waals surface area (Å²) in [5, 5.41) is 0. The lowest BCUT2D eigenvalue weighted by molar-refractivity contribution is -0.152. The van der Waals surface area contributed by atoms with Gasteiger partial charge in [-0.1, -0.05) is 58.2 Å². The molecule has 0 spiro atoms. The Labute approximate surface area is 253 Å². The number of imide groups is 2. The molecule has 4 amide bonds. The molecule has 2 saturated heterocycles. The molecule has 2 aliphatic heterocycles. The number of hydrogen-bond donors (Lipinski definition) is 0. The van der Waals surface area contributed by atoms with Crippen LogP contribution in [0.5, 0.6) is 0 Å². The van der Waals surface area contributed by atoms with Crippen LogP contribution < -0.4 is 9.80 Å². The van der Waals surface area contributed by atoms with Crippen molar-refractivity contribution in [2.75, 3.05) is 16.4 Å². The molecule has 218 valence electrons. The zero-order valence-corrected chi connectivity index (χ0v) is 26.3. The molecule has 1 saturated carbocycles. The standard InChI is InChI=1S/C33H33BrN2O6/c1-8-42-31(41)22-19(6)33(34)25-23(27(37)35(29(25)39)20-11-9-15(2)13-17(20)4)32(22,7)24-26(33)30(40)36(28(24)38)21-12-10-16(3)14-18(21)5/h9-14,23-26H,8H2,1-7H3/t23-,24+,25-,26-,32?,33?/m0/s1. The Morgan fingerprint density at radius 1 is 0.762 bits per heavy atom. The number of nitrogens with zero attached hydrogens (tertiary/aromatic N) is 2. The lowest BCUT2D eigenvalue weighted by atomic mass is 9.43. The first-order valence-corrected chi connectivity index (χ1v) is 15.0. The van der Waals surface area contributed by atoms with Crippen LogP contribution in [0.1, 0.15) is 43.0 Å². The number of rotatable bonds is 4. The molecule has 8 nitrogen and oxygen atoms in total. The molecule has 2 bridgehead atoms. The minimum Gasteiger partial charge on any atom is -0.463 e. The smallest absolute Gasteiger partial charge is 0.334 e. The summed E-state index contributed by atoms with van der Waals surface area (Å²) in [6.45, 7) is 12.7. The highest BCUT2D eigenvalue weighted by atomic mass is 79.9. The Hall–Kier alpha value is -3.59. The van der Waals surface area contributed by atoms with Crippen LogP contribution in [0.25, 0.3) is 0 Å². The van der Waals surface area contributed by atoms with Crippen LogP contribution in [-0.4, -0.2) is 40.5 Å². The van der Waals surface area contributed by atoms with Crippen LogP contribution in [0, 0.1) is 56.8 Å². The molecular weight excluding hydrogens is 600 g/mol. The monoisotopic (exact) mass is 632 g/mol. The molecule has 0 radical (unpaired) electrons. The molecule has 42 heavy (non-hydrogen) atoms. The first-order chi connectivity index (χ1) is 19.7. The lowest BCUT2D eigenvalue weighted by Gasteiger charge is -2.59. The van der Waals surface area contributed by atoms with E-state index in [9.17, 15) is 24.0 Å². The van der Waals surface area contributed by atoms with E-state index in [4.69, 9.17) is 4.74 Å². The van der Waals surface area contributed by atoms with Crippen molar-refractivity contribution in [3.05, 3.63) is 69.8 Å². The second kappa shape index (κ2) is 9.20. The quantitative estimate of drug-likeness (QED) is 0.271. The molecule has 2 unspecified atom stereocenters. The number of aryl methyl sites for hydroxylation is 4. The van der Waals surface area contributed by atoms with Gasteiger partial charge in [0.2, 0.25) is 23.6 Å². The van der Waals surface area contributed by atoms with Crippen molar-refractivity contribution < 1.29 is 28.7 Å². The average molecular weight is 634 g/mol. The van der Waals surface area contributed by atoms with Crippen molar-refractivity contribution >= 4 is 56.9 Å². The Kier molecular flexibility index (Phi) is 6.25. The topological polar surface area (TPSA) is 101 Å². The number of amides is 4. The molecule has 2 aromatic carbocycles. The maximum Gasteiger partial charge on any atom is 0.334 e. The second-order valence-corrected chi connectivity index (χ2v) is 13.6. The number of ether oxygens (including phenoxy) is 1. The van der Waals surface area contributed by atoms with Crippen LogP contribution in [-0.2, 0) is 28.7 Å². The fourth-order valence-corrected chi connectivity index (χ4v) is 9.44. The zero-order valence-electron chi connectivity index (χ0n) is 24.7. The third kappa shape index (κ3) is 3.31. The van der Waals surface area contributed by atoms with Crippen LogP contribution in [0.2, 0.25) is 0 Å². The summed E-state index contributed by atoms with van der Waals surface area (Å²) in [4.78, 5) is 73.8. The van der Waals surface area contributed by atoms with Gasteiger partial charge in [-0.25, -0.2) is 14.6 Å². The van der Waals surface area contributed by atoms with E-state index < -0.39 is 63.0 Å². The van der Waals surface area contributed by atoms with Crippen LogP contribution in [0.15, 0.2) is 47.5 Å². The maximum absolute atomic E-state index is 14.5. The molecular formula is C33H33BrN2O6. The Balaban J connectivity index is 1.60. The summed E-state index contributed by atoms with van der Waals surface area (Å²) in [7, 11) is 0. The number of allylic oxidation sites excluding steroid dienone is 1. The fourth-order valence-electron chi connectivity index (χ4n) is 8.32. The predicted octanol–water partition coefficient (Wildman–Crippen LogP) is 4.88. The van der Waals surface area contributed by atoms with Gasteiger partial charge in [0.25, 0.3) is 0 Å². The number of hydrogen-bond acceptors (Lipinski definition) is 6. The first-order valence-electron chi connectivity index (χ1n) is 14.2. The van der Waals surface area contributed by atoms with E-state index in [1.54, 1.807) is 32.9 Å². The van der Waals surface area contributed by atoms with Gasteiger partial charge in [0.05, 0.1) is 46.0 Å². The predicted molar refractivity (Wildman–Crippen MR) is 160 cm³/mol. The van der Waals surface area contributed by atoms with Gasteiger partial charge in [0, 0.05) is 11.0 Å². The van der Waals surface area contributed by atoms with Gasteiger partial charge in [0.15, 0.2) is 0 Å². The summed E-state index contributed by atoms with van der Waals surface area (Å²) in [6, 6.07) is 11.0. The molecule has 0 aromatic heterocycles. The maximum atomic E-state index is 14.5. The molecule has 3 fully saturated rings. The minimum atomic E-state index is -1.47. The highest BCUT2D eigenvalue weighted by Gasteiger charge is 2.81. The van der Waals surface area contributed by atoms with Crippen molar-refractivity contribution in [1.29, 1.82) is 0 Å². The molecule has 3 aliphatic carbocycles. The van der Waals surface area contributed by atoms with Crippen molar-refractivity contribution in [1.82, 2.24) is 0 Å². The van der Waals surface area contributed by atoms with E-state index in [0.29, 0.717) is 16.9 Å². The van der Waals surface area contributed by atoms with Gasteiger partial charge in [-0.15, -0.1) is 0 Å². The van der Waals surface area contributed by atoms with Crippen LogP contribution in [0.4, 0.5) is 11.4 Å². The third-order valence-corrected chi connectivity index (χ3v) is 11.5. The van der Waals surface area contributed by atoms with Gasteiger partial charge in [-0.3, -0.25) is 19.2 Å². The molecule has 6 atom stereocenters. The summed E-state index contributed by atoms with van der Waals surface area (Å²) in [6.07, 6.45) is 0. The second-order valence-electron chi connectivity index (χ2n) is 12.3. The van der Waals surface area contributed by atoms with E-state index >= 15 is 0 Å². The van der Waals surface area contributed by atoms with Crippen molar-refractivity contribution in [3.63, 3.8) is 0 Å². The number of benzene rings is 2. The van der Waals surface area contributed by atoms with Gasteiger partial charge in [-0.05, 0) is 70.4 Å². The Morgan fingerprint density at radius 3 is 1.55 bits per heavy atom. The largest absolute Gasteiger partial charge is 0.463 e. The third-order valence-electron chi connectivity index (χ3n) is 9.96. The molecule has 9 heteroatoms. The van der Waals surface area contributed by atoms with Crippen LogP contribution >= 0.6 is 15.9 Å². The highest BCUT2D eigenvalue weighted by molar-refractivity contribution is 9.10. The van der Waals surface area contributed by atoms with Gasteiger partial charge < -0.3 is 4.74 Å². The van der Waals surface area contributed by atoms with Crippen molar-refractivity contribution in [2.45, 2.75) is 52.8 Å². The molecule has 2 heterocycles. The number of carbonyl (C=O) groups is 5. The number of alkyl halides is 1. The average Bonchev–Trinajstić information content (AvgIpc) is 3.34. The summed E-state index contributed by atoms with van der Waals surface area (Å²) < 4.78 is 4.03. The number of halogens is 1. The molecule has 0 N–H and O–H groups in total. The highest BCUT2D eigenvalue weighted by Crippen LogP contribution is 2.72. The lowest BCUT2D eigenvalue weighted by Crippen LogP contribution is -2.67.